The standard InChI is InChI=1S/C14H23N3O2/c1-10(2)8-14(4,9-15)16-12-6-5-7-13(11(12)3)17(18)19/h5-7,10,16H,8-9,15H2,1-4H3. The highest BCUT2D eigenvalue weighted by Gasteiger charge is 2.25. The van der Waals surface area contributed by atoms with E-state index in [2.05, 4.69) is 19.2 Å². The second-order valence-corrected chi connectivity index (χ2v) is 5.69. The van der Waals surface area contributed by atoms with Gasteiger partial charge in [0.15, 0.2) is 0 Å². The minimum absolute atomic E-state index is 0.133. The molecule has 3 N–H and O–H groups in total. The largest absolute Gasteiger partial charge is 0.378 e. The zero-order valence-corrected chi connectivity index (χ0v) is 12.1. The fourth-order valence-corrected chi connectivity index (χ4v) is 2.37. The third kappa shape index (κ3) is 3.92. The van der Waals surface area contributed by atoms with Crippen LogP contribution in [-0.2, 0) is 0 Å². The van der Waals surface area contributed by atoms with Crippen molar-refractivity contribution in [3.8, 4) is 0 Å². The summed E-state index contributed by atoms with van der Waals surface area (Å²) in [7, 11) is 0. The Morgan fingerprint density at radius 1 is 1.47 bits per heavy atom. The molecule has 0 aliphatic carbocycles. The molecule has 0 saturated carbocycles. The average molecular weight is 265 g/mol. The fraction of sp³-hybridized carbons (Fsp3) is 0.571. The van der Waals surface area contributed by atoms with E-state index >= 15 is 0 Å². The van der Waals surface area contributed by atoms with Crippen LogP contribution in [-0.4, -0.2) is 17.0 Å². The predicted molar refractivity (Wildman–Crippen MR) is 78.4 cm³/mol. The number of nitro groups is 1. The zero-order valence-electron chi connectivity index (χ0n) is 12.1. The van der Waals surface area contributed by atoms with Gasteiger partial charge in [0, 0.05) is 29.4 Å². The van der Waals surface area contributed by atoms with Crippen LogP contribution in [0.2, 0.25) is 0 Å². The molecule has 0 heterocycles. The Morgan fingerprint density at radius 2 is 2.11 bits per heavy atom. The lowest BCUT2D eigenvalue weighted by Crippen LogP contribution is -2.43. The van der Waals surface area contributed by atoms with E-state index in [-0.39, 0.29) is 16.1 Å². The second kappa shape index (κ2) is 6.02. The molecule has 0 aliphatic heterocycles. The Balaban J connectivity index is 3.04. The maximum absolute atomic E-state index is 10.9. The van der Waals surface area contributed by atoms with Gasteiger partial charge in [0.25, 0.3) is 5.69 Å². The molecule has 0 spiro atoms. The van der Waals surface area contributed by atoms with Crippen molar-refractivity contribution in [2.45, 2.75) is 39.7 Å². The first-order chi connectivity index (χ1) is 8.79. The number of nitrogens with zero attached hydrogens (tertiary/aromatic N) is 1. The van der Waals surface area contributed by atoms with Gasteiger partial charge in [-0.1, -0.05) is 19.9 Å². The minimum atomic E-state index is -0.358. The van der Waals surface area contributed by atoms with Gasteiger partial charge >= 0.3 is 0 Å². The van der Waals surface area contributed by atoms with Gasteiger partial charge in [-0.05, 0) is 32.3 Å². The Morgan fingerprint density at radius 3 is 2.58 bits per heavy atom. The smallest absolute Gasteiger partial charge is 0.274 e. The number of anilines is 1. The number of nitrogens with two attached hydrogens (primary N) is 1. The van der Waals surface area contributed by atoms with Crippen LogP contribution in [0.1, 0.15) is 32.8 Å². The minimum Gasteiger partial charge on any atom is -0.378 e. The molecule has 1 atom stereocenters. The first-order valence-corrected chi connectivity index (χ1v) is 6.51. The summed E-state index contributed by atoms with van der Waals surface area (Å²) < 4.78 is 0. The number of benzene rings is 1. The van der Waals surface area contributed by atoms with Crippen molar-refractivity contribution in [3.63, 3.8) is 0 Å². The normalized spacial score (nSPS) is 14.2. The molecule has 5 heteroatoms. The lowest BCUT2D eigenvalue weighted by molar-refractivity contribution is -0.385. The molecular weight excluding hydrogens is 242 g/mol. The summed E-state index contributed by atoms with van der Waals surface area (Å²) in [5.41, 5.74) is 7.16. The molecule has 0 bridgehead atoms. The van der Waals surface area contributed by atoms with Crippen LogP contribution in [0.25, 0.3) is 0 Å². The van der Waals surface area contributed by atoms with Gasteiger partial charge in [-0.3, -0.25) is 10.1 Å². The molecule has 0 aromatic heterocycles. The summed E-state index contributed by atoms with van der Waals surface area (Å²) in [5.74, 6) is 0.500. The quantitative estimate of drug-likeness (QED) is 0.611. The lowest BCUT2D eigenvalue weighted by atomic mass is 9.90. The summed E-state index contributed by atoms with van der Waals surface area (Å²) >= 11 is 0. The van der Waals surface area contributed by atoms with Gasteiger partial charge in [0.2, 0.25) is 0 Å². The van der Waals surface area contributed by atoms with E-state index in [1.807, 2.05) is 13.0 Å². The van der Waals surface area contributed by atoms with Gasteiger partial charge in [-0.25, -0.2) is 0 Å². The monoisotopic (exact) mass is 265 g/mol. The maximum Gasteiger partial charge on any atom is 0.274 e. The first-order valence-electron chi connectivity index (χ1n) is 6.51. The van der Waals surface area contributed by atoms with Crippen molar-refractivity contribution in [1.29, 1.82) is 0 Å². The fourth-order valence-electron chi connectivity index (χ4n) is 2.37. The Kier molecular flexibility index (Phi) is 4.89. The van der Waals surface area contributed by atoms with Crippen molar-refractivity contribution >= 4 is 11.4 Å². The number of hydrogen-bond donors (Lipinski definition) is 2. The van der Waals surface area contributed by atoms with Crippen molar-refractivity contribution in [2.24, 2.45) is 11.7 Å². The topological polar surface area (TPSA) is 81.2 Å². The van der Waals surface area contributed by atoms with Crippen molar-refractivity contribution in [2.75, 3.05) is 11.9 Å². The number of nitrogens with one attached hydrogen (secondary N) is 1. The lowest BCUT2D eigenvalue weighted by Gasteiger charge is -2.33. The second-order valence-electron chi connectivity index (χ2n) is 5.69. The molecule has 5 nitrogen and oxygen atoms in total. The van der Waals surface area contributed by atoms with Crippen LogP contribution < -0.4 is 11.1 Å². The number of nitro benzene ring substituents is 1. The predicted octanol–water partition coefficient (Wildman–Crippen LogP) is 3.08. The summed E-state index contributed by atoms with van der Waals surface area (Å²) in [6.45, 7) is 8.55. The summed E-state index contributed by atoms with van der Waals surface area (Å²) in [5, 5.41) is 14.3. The molecule has 0 radical (unpaired) electrons. The summed E-state index contributed by atoms with van der Waals surface area (Å²) in [6.07, 6.45) is 0.908. The SMILES string of the molecule is Cc1c(NC(C)(CN)CC(C)C)cccc1[N+](=O)[O-]. The molecule has 1 aromatic rings. The molecule has 1 unspecified atom stereocenters. The maximum atomic E-state index is 10.9. The highest BCUT2D eigenvalue weighted by Crippen LogP contribution is 2.29. The van der Waals surface area contributed by atoms with Crippen LogP contribution in [0.3, 0.4) is 0 Å². The van der Waals surface area contributed by atoms with E-state index in [0.717, 1.165) is 12.1 Å². The van der Waals surface area contributed by atoms with E-state index in [0.29, 0.717) is 18.0 Å². The van der Waals surface area contributed by atoms with Crippen LogP contribution in [0.5, 0.6) is 0 Å². The van der Waals surface area contributed by atoms with E-state index in [4.69, 9.17) is 5.73 Å². The van der Waals surface area contributed by atoms with E-state index in [9.17, 15) is 10.1 Å². The van der Waals surface area contributed by atoms with Crippen LogP contribution in [0.4, 0.5) is 11.4 Å². The average Bonchev–Trinajstić information content (AvgIpc) is 2.30. The van der Waals surface area contributed by atoms with Gasteiger partial charge in [-0.2, -0.15) is 0 Å². The van der Waals surface area contributed by atoms with E-state index in [1.165, 1.54) is 6.07 Å². The van der Waals surface area contributed by atoms with Gasteiger partial charge in [0.05, 0.1) is 4.92 Å². The molecule has 106 valence electrons. The van der Waals surface area contributed by atoms with Crippen LogP contribution in [0.15, 0.2) is 18.2 Å². The molecule has 0 saturated heterocycles. The molecule has 0 aliphatic rings. The zero-order chi connectivity index (χ0) is 14.6. The van der Waals surface area contributed by atoms with Gasteiger partial charge < -0.3 is 11.1 Å². The van der Waals surface area contributed by atoms with Crippen LogP contribution in [0, 0.1) is 23.0 Å². The van der Waals surface area contributed by atoms with Gasteiger partial charge in [-0.15, -0.1) is 0 Å². The molecule has 19 heavy (non-hydrogen) atoms. The number of hydrogen-bond acceptors (Lipinski definition) is 4. The van der Waals surface area contributed by atoms with E-state index in [1.54, 1.807) is 13.0 Å². The van der Waals surface area contributed by atoms with Gasteiger partial charge in [0.1, 0.15) is 0 Å². The molecule has 1 aromatic carbocycles. The molecule has 1 rings (SSSR count). The Labute approximate surface area is 114 Å². The van der Waals surface area contributed by atoms with E-state index < -0.39 is 0 Å². The molecular formula is C14H23N3O2. The highest BCUT2D eigenvalue weighted by atomic mass is 16.6. The Hall–Kier alpha value is -1.62. The van der Waals surface area contributed by atoms with Crippen LogP contribution >= 0.6 is 0 Å². The summed E-state index contributed by atoms with van der Waals surface area (Å²) in [6, 6.07) is 5.07. The highest BCUT2D eigenvalue weighted by molar-refractivity contribution is 5.60. The molecule has 0 amide bonds. The third-order valence-corrected chi connectivity index (χ3v) is 3.25. The van der Waals surface area contributed by atoms with Crippen molar-refractivity contribution < 1.29 is 4.92 Å². The number of rotatable bonds is 6. The van der Waals surface area contributed by atoms with Crippen molar-refractivity contribution in [3.05, 3.63) is 33.9 Å². The van der Waals surface area contributed by atoms with Crippen molar-refractivity contribution in [1.82, 2.24) is 0 Å². The Bertz CT molecular complexity index is 460. The third-order valence-electron chi connectivity index (χ3n) is 3.25. The first kappa shape index (κ1) is 15.4. The summed E-state index contributed by atoms with van der Waals surface area (Å²) in [4.78, 5) is 10.6. The molecule has 0 fully saturated rings.